The summed E-state index contributed by atoms with van der Waals surface area (Å²) in [5, 5.41) is 19.9. The van der Waals surface area contributed by atoms with Gasteiger partial charge in [-0.2, -0.15) is 0 Å². The maximum atomic E-state index is 10.5. The summed E-state index contributed by atoms with van der Waals surface area (Å²) >= 11 is 0. The second-order valence-corrected chi connectivity index (χ2v) is 4.74. The van der Waals surface area contributed by atoms with Gasteiger partial charge in [0.25, 0.3) is 0 Å². The Labute approximate surface area is 86.1 Å². The molecule has 3 heteroatoms. The molecule has 0 saturated heterocycles. The van der Waals surface area contributed by atoms with Gasteiger partial charge in [-0.05, 0) is 12.8 Å². The molecule has 2 N–H and O–H groups in total. The highest BCUT2D eigenvalue weighted by atomic mass is 16.5. The van der Waals surface area contributed by atoms with Crippen LogP contribution in [-0.4, -0.2) is 36.1 Å². The lowest BCUT2D eigenvalue weighted by Gasteiger charge is -2.46. The van der Waals surface area contributed by atoms with Crippen LogP contribution in [0.1, 0.15) is 39.0 Å². The van der Waals surface area contributed by atoms with E-state index in [9.17, 15) is 10.2 Å². The Hall–Kier alpha value is -0.120. The molecular formula is C11H22O3. The van der Waals surface area contributed by atoms with E-state index >= 15 is 0 Å². The first-order valence-electron chi connectivity index (χ1n) is 5.40. The van der Waals surface area contributed by atoms with E-state index in [0.29, 0.717) is 6.61 Å². The first-order chi connectivity index (χ1) is 6.58. The molecule has 14 heavy (non-hydrogen) atoms. The van der Waals surface area contributed by atoms with Crippen LogP contribution in [0.4, 0.5) is 0 Å². The molecule has 1 fully saturated rings. The lowest BCUT2D eigenvalue weighted by Crippen LogP contribution is -2.52. The summed E-state index contributed by atoms with van der Waals surface area (Å²) < 4.78 is 5.10. The SMILES string of the molecule is COCC(C)(CO)C1(O)CCCCC1. The fourth-order valence-electron chi connectivity index (χ4n) is 2.39. The van der Waals surface area contributed by atoms with Crippen molar-refractivity contribution in [2.45, 2.75) is 44.6 Å². The van der Waals surface area contributed by atoms with Gasteiger partial charge in [0.2, 0.25) is 0 Å². The van der Waals surface area contributed by atoms with Gasteiger partial charge in [0, 0.05) is 12.5 Å². The highest BCUT2D eigenvalue weighted by Gasteiger charge is 2.46. The maximum Gasteiger partial charge on any atom is 0.0745 e. The Bertz CT molecular complexity index is 168. The quantitative estimate of drug-likeness (QED) is 0.723. The Morgan fingerprint density at radius 2 is 1.86 bits per heavy atom. The van der Waals surface area contributed by atoms with Crippen LogP contribution in [0.25, 0.3) is 0 Å². The minimum atomic E-state index is -0.740. The minimum Gasteiger partial charge on any atom is -0.396 e. The third-order valence-corrected chi connectivity index (χ3v) is 3.62. The summed E-state index contributed by atoms with van der Waals surface area (Å²) in [5.74, 6) is 0. The molecule has 1 saturated carbocycles. The summed E-state index contributed by atoms with van der Waals surface area (Å²) in [4.78, 5) is 0. The van der Waals surface area contributed by atoms with E-state index in [1.165, 1.54) is 6.42 Å². The van der Waals surface area contributed by atoms with Crippen molar-refractivity contribution in [2.24, 2.45) is 5.41 Å². The molecule has 1 atom stereocenters. The standard InChI is InChI=1S/C11H22O3/c1-10(8-12,9-14-2)11(13)6-4-3-5-7-11/h12-13H,3-9H2,1-2H3. The molecule has 0 aromatic carbocycles. The molecule has 1 unspecified atom stereocenters. The number of aliphatic hydroxyl groups excluding tert-OH is 1. The molecule has 3 nitrogen and oxygen atoms in total. The van der Waals surface area contributed by atoms with Crippen molar-refractivity contribution in [2.75, 3.05) is 20.3 Å². The van der Waals surface area contributed by atoms with Crippen molar-refractivity contribution >= 4 is 0 Å². The summed E-state index contributed by atoms with van der Waals surface area (Å²) in [6.07, 6.45) is 4.86. The zero-order chi connectivity index (χ0) is 10.7. The van der Waals surface area contributed by atoms with Crippen LogP contribution in [0.5, 0.6) is 0 Å². The summed E-state index contributed by atoms with van der Waals surface area (Å²) in [5.41, 5.74) is -1.25. The van der Waals surface area contributed by atoms with Gasteiger partial charge in [-0.25, -0.2) is 0 Å². The van der Waals surface area contributed by atoms with Crippen molar-refractivity contribution in [3.05, 3.63) is 0 Å². The van der Waals surface area contributed by atoms with Gasteiger partial charge < -0.3 is 14.9 Å². The normalized spacial score (nSPS) is 25.7. The van der Waals surface area contributed by atoms with Crippen molar-refractivity contribution < 1.29 is 14.9 Å². The van der Waals surface area contributed by atoms with Gasteiger partial charge in [0.05, 0.1) is 18.8 Å². The predicted octanol–water partition coefficient (Wildman–Crippen LogP) is 1.33. The first kappa shape index (κ1) is 12.0. The van der Waals surface area contributed by atoms with Crippen LogP contribution >= 0.6 is 0 Å². The average molecular weight is 202 g/mol. The highest BCUT2D eigenvalue weighted by molar-refractivity contribution is 4.97. The van der Waals surface area contributed by atoms with E-state index in [1.54, 1.807) is 7.11 Å². The van der Waals surface area contributed by atoms with Crippen LogP contribution in [0.3, 0.4) is 0 Å². The third kappa shape index (κ3) is 2.10. The summed E-state index contributed by atoms with van der Waals surface area (Å²) in [7, 11) is 1.61. The Kier molecular flexibility index (Phi) is 3.93. The van der Waals surface area contributed by atoms with Crippen LogP contribution in [0.2, 0.25) is 0 Å². The highest BCUT2D eigenvalue weighted by Crippen LogP contribution is 2.42. The van der Waals surface area contributed by atoms with E-state index in [2.05, 4.69) is 0 Å². The summed E-state index contributed by atoms with van der Waals surface area (Å²) in [6, 6.07) is 0. The molecule has 0 heterocycles. The monoisotopic (exact) mass is 202 g/mol. The van der Waals surface area contributed by atoms with E-state index in [0.717, 1.165) is 25.7 Å². The van der Waals surface area contributed by atoms with E-state index in [-0.39, 0.29) is 6.61 Å². The van der Waals surface area contributed by atoms with Crippen LogP contribution in [0, 0.1) is 5.41 Å². The largest absolute Gasteiger partial charge is 0.396 e. The van der Waals surface area contributed by atoms with E-state index in [4.69, 9.17) is 4.74 Å². The van der Waals surface area contributed by atoms with Crippen LogP contribution in [0.15, 0.2) is 0 Å². The fourth-order valence-corrected chi connectivity index (χ4v) is 2.39. The van der Waals surface area contributed by atoms with Crippen molar-refractivity contribution in [3.8, 4) is 0 Å². The van der Waals surface area contributed by atoms with Crippen molar-refractivity contribution in [1.29, 1.82) is 0 Å². The van der Waals surface area contributed by atoms with Crippen LogP contribution < -0.4 is 0 Å². The van der Waals surface area contributed by atoms with E-state index in [1.807, 2.05) is 6.92 Å². The van der Waals surface area contributed by atoms with Crippen molar-refractivity contribution in [3.63, 3.8) is 0 Å². The molecule has 0 aromatic heterocycles. The Balaban J connectivity index is 2.73. The summed E-state index contributed by atoms with van der Waals surface area (Å²) in [6.45, 7) is 2.30. The van der Waals surface area contributed by atoms with E-state index < -0.39 is 11.0 Å². The zero-order valence-electron chi connectivity index (χ0n) is 9.25. The predicted molar refractivity (Wildman–Crippen MR) is 55.1 cm³/mol. The zero-order valence-corrected chi connectivity index (χ0v) is 9.25. The molecule has 1 aliphatic rings. The maximum absolute atomic E-state index is 10.5. The molecule has 84 valence electrons. The molecule has 0 radical (unpaired) electrons. The molecule has 1 rings (SSSR count). The number of hydrogen-bond acceptors (Lipinski definition) is 3. The molecule has 1 aliphatic carbocycles. The average Bonchev–Trinajstić information content (AvgIpc) is 2.19. The number of aliphatic hydroxyl groups is 2. The Morgan fingerprint density at radius 3 is 2.29 bits per heavy atom. The smallest absolute Gasteiger partial charge is 0.0745 e. The van der Waals surface area contributed by atoms with Gasteiger partial charge in [-0.1, -0.05) is 26.2 Å². The second-order valence-electron chi connectivity index (χ2n) is 4.74. The Morgan fingerprint density at radius 1 is 1.29 bits per heavy atom. The minimum absolute atomic E-state index is 0.0165. The molecule has 0 aliphatic heterocycles. The molecule has 0 spiro atoms. The van der Waals surface area contributed by atoms with Gasteiger partial charge >= 0.3 is 0 Å². The van der Waals surface area contributed by atoms with Gasteiger partial charge in [-0.15, -0.1) is 0 Å². The number of methoxy groups -OCH3 is 1. The van der Waals surface area contributed by atoms with Gasteiger partial charge in [-0.3, -0.25) is 0 Å². The number of rotatable bonds is 4. The van der Waals surface area contributed by atoms with Gasteiger partial charge in [0.15, 0.2) is 0 Å². The van der Waals surface area contributed by atoms with Gasteiger partial charge in [0.1, 0.15) is 0 Å². The molecule has 0 bridgehead atoms. The number of ether oxygens (including phenoxy) is 1. The second kappa shape index (κ2) is 4.60. The third-order valence-electron chi connectivity index (χ3n) is 3.62. The molecule has 0 aromatic rings. The fraction of sp³-hybridized carbons (Fsp3) is 1.00. The molecule has 0 amide bonds. The lowest BCUT2D eigenvalue weighted by molar-refractivity contribution is -0.146. The van der Waals surface area contributed by atoms with Crippen molar-refractivity contribution in [1.82, 2.24) is 0 Å². The first-order valence-corrected chi connectivity index (χ1v) is 5.40. The lowest BCUT2D eigenvalue weighted by atomic mass is 9.67. The van der Waals surface area contributed by atoms with Crippen LogP contribution in [-0.2, 0) is 4.74 Å². The topological polar surface area (TPSA) is 49.7 Å². The number of hydrogen-bond donors (Lipinski definition) is 2. The molecular weight excluding hydrogens is 180 g/mol.